The van der Waals surface area contributed by atoms with Gasteiger partial charge in [0.2, 0.25) is 5.91 Å². The molecule has 2 aliphatic rings. The van der Waals surface area contributed by atoms with Crippen LogP contribution >= 0.6 is 8.25 Å². The topological polar surface area (TPSA) is 96.3 Å². The van der Waals surface area contributed by atoms with Gasteiger partial charge in [-0.05, 0) is 0 Å². The third-order valence-corrected chi connectivity index (χ3v) is 3.53. The van der Waals surface area contributed by atoms with Crippen LogP contribution < -0.4 is 0 Å². The first-order chi connectivity index (χ1) is 7.50. The molecule has 7 nitrogen and oxygen atoms in total. The fourth-order valence-corrected chi connectivity index (χ4v) is 2.89. The molecule has 2 N–H and O–H groups in total. The van der Waals surface area contributed by atoms with E-state index in [4.69, 9.17) is 14.2 Å². The fourth-order valence-electron chi connectivity index (χ4n) is 2.36. The number of amides is 1. The number of aliphatic hydroxyl groups is 1. The van der Waals surface area contributed by atoms with Crippen LogP contribution in [0.4, 0.5) is 0 Å². The Labute approximate surface area is 92.9 Å². The van der Waals surface area contributed by atoms with Crippen LogP contribution in [-0.4, -0.2) is 58.3 Å². The Morgan fingerprint density at radius 1 is 1.75 bits per heavy atom. The van der Waals surface area contributed by atoms with Crippen molar-refractivity contribution in [2.24, 2.45) is 0 Å². The first-order valence-corrected chi connectivity index (χ1v) is 5.98. The molecular formula is C8H13NO6P+. The highest BCUT2D eigenvalue weighted by Crippen LogP contribution is 2.42. The summed E-state index contributed by atoms with van der Waals surface area (Å²) >= 11 is 0. The Kier molecular flexibility index (Phi) is 2.98. The second-order valence-corrected chi connectivity index (χ2v) is 4.70. The van der Waals surface area contributed by atoms with E-state index in [1.54, 1.807) is 0 Å². The van der Waals surface area contributed by atoms with Gasteiger partial charge in [0.1, 0.15) is 5.60 Å². The zero-order chi connectivity index (χ0) is 11.9. The van der Waals surface area contributed by atoms with Crippen LogP contribution in [0.1, 0.15) is 6.92 Å². The average molecular weight is 250 g/mol. The van der Waals surface area contributed by atoms with E-state index in [1.165, 1.54) is 11.8 Å². The van der Waals surface area contributed by atoms with E-state index in [0.717, 1.165) is 0 Å². The molecule has 90 valence electrons. The van der Waals surface area contributed by atoms with Crippen molar-refractivity contribution in [3.8, 4) is 0 Å². The first kappa shape index (κ1) is 11.9. The third kappa shape index (κ3) is 1.65. The van der Waals surface area contributed by atoms with E-state index in [1.807, 2.05) is 0 Å². The molecule has 2 bridgehead atoms. The number of aliphatic hydroxyl groups excluding tert-OH is 1. The van der Waals surface area contributed by atoms with E-state index in [0.29, 0.717) is 0 Å². The predicted molar refractivity (Wildman–Crippen MR) is 51.6 cm³/mol. The van der Waals surface area contributed by atoms with Crippen LogP contribution in [0.3, 0.4) is 0 Å². The van der Waals surface area contributed by atoms with Crippen molar-refractivity contribution >= 4 is 14.2 Å². The minimum Gasteiger partial charge on any atom is -0.393 e. The molecule has 0 aromatic heterocycles. The van der Waals surface area contributed by atoms with Gasteiger partial charge in [-0.15, -0.1) is 9.42 Å². The highest BCUT2D eigenvalue weighted by atomic mass is 31.1. The summed E-state index contributed by atoms with van der Waals surface area (Å²) in [6.07, 6.45) is -0.741. The van der Waals surface area contributed by atoms with Gasteiger partial charge in [0.05, 0.1) is 25.8 Å². The summed E-state index contributed by atoms with van der Waals surface area (Å²) in [5.41, 5.74) is -1.05. The second kappa shape index (κ2) is 4.01. The number of rotatable bonds is 3. The van der Waals surface area contributed by atoms with Gasteiger partial charge in [-0.3, -0.25) is 4.79 Å². The molecule has 0 spiro atoms. The van der Waals surface area contributed by atoms with Crippen molar-refractivity contribution in [1.29, 1.82) is 0 Å². The minimum absolute atomic E-state index is 0.162. The van der Waals surface area contributed by atoms with E-state index in [2.05, 4.69) is 0 Å². The summed E-state index contributed by atoms with van der Waals surface area (Å²) in [4.78, 5) is 21.6. The third-order valence-electron chi connectivity index (χ3n) is 3.12. The molecule has 0 radical (unpaired) electrons. The fraction of sp³-hybridized carbons (Fsp3) is 0.875. The van der Waals surface area contributed by atoms with Gasteiger partial charge in [-0.1, -0.05) is 0 Å². The Morgan fingerprint density at radius 3 is 2.94 bits per heavy atom. The zero-order valence-electron chi connectivity index (χ0n) is 8.70. The summed E-state index contributed by atoms with van der Waals surface area (Å²) in [6, 6.07) is -0.393. The summed E-state index contributed by atoms with van der Waals surface area (Å²) in [5, 5.41) is 9.31. The number of hydrogen-bond donors (Lipinski definition) is 2. The lowest BCUT2D eigenvalue weighted by molar-refractivity contribution is -0.139. The van der Waals surface area contributed by atoms with Crippen molar-refractivity contribution in [3.63, 3.8) is 0 Å². The summed E-state index contributed by atoms with van der Waals surface area (Å²) < 4.78 is 20.9. The standard InChI is InChI=1S/C8H12NO6P/c1-5(11)9-3-8(4-10)7(15-16(12)13)6(9)2-14-8/h6-7,10H,2-4H2,1H3/p+1/t6?,7?,8-/m1/s1. The Bertz CT molecular complexity index is 336. The number of nitrogens with zero attached hydrogens (tertiary/aromatic N) is 1. The number of morpholine rings is 1. The lowest BCUT2D eigenvalue weighted by Gasteiger charge is -2.30. The lowest BCUT2D eigenvalue weighted by Crippen LogP contribution is -2.47. The Balaban J connectivity index is 2.23. The molecule has 1 amide bonds. The van der Waals surface area contributed by atoms with Crippen molar-refractivity contribution in [2.75, 3.05) is 19.8 Å². The van der Waals surface area contributed by atoms with Crippen LogP contribution in [0.15, 0.2) is 0 Å². The second-order valence-electron chi connectivity index (χ2n) is 4.01. The molecule has 8 heteroatoms. The molecule has 0 aliphatic carbocycles. The minimum atomic E-state index is -2.78. The normalized spacial score (nSPS) is 37.9. The quantitative estimate of drug-likeness (QED) is 0.624. The van der Waals surface area contributed by atoms with Gasteiger partial charge >= 0.3 is 8.25 Å². The molecule has 0 saturated carbocycles. The number of ether oxygens (including phenoxy) is 1. The van der Waals surface area contributed by atoms with Gasteiger partial charge in [0, 0.05) is 11.5 Å². The number of carbonyl (C=O) groups is 1. The van der Waals surface area contributed by atoms with Crippen LogP contribution in [0.25, 0.3) is 0 Å². The highest BCUT2D eigenvalue weighted by molar-refractivity contribution is 7.32. The van der Waals surface area contributed by atoms with Crippen molar-refractivity contribution in [3.05, 3.63) is 0 Å². The van der Waals surface area contributed by atoms with Gasteiger partial charge in [-0.25, -0.2) is 0 Å². The number of hydrogen-bond acceptors (Lipinski definition) is 5. The summed E-state index contributed by atoms with van der Waals surface area (Å²) in [6.45, 7) is 1.47. The number of likely N-dealkylation sites (tertiary alicyclic amines) is 1. The van der Waals surface area contributed by atoms with Gasteiger partial charge in [0.25, 0.3) is 0 Å². The SMILES string of the molecule is CC(=O)N1C[C@]2(CO)OCC1C2O[P+](=O)O. The Hall–Kier alpha value is -0.590. The smallest absolute Gasteiger partial charge is 0.393 e. The largest absolute Gasteiger partial charge is 0.695 e. The monoisotopic (exact) mass is 250 g/mol. The van der Waals surface area contributed by atoms with Crippen LogP contribution in [0.2, 0.25) is 0 Å². The maximum Gasteiger partial charge on any atom is 0.695 e. The molecule has 0 aromatic carbocycles. The molecule has 2 rings (SSSR count). The molecule has 2 aliphatic heterocycles. The zero-order valence-corrected chi connectivity index (χ0v) is 9.59. The van der Waals surface area contributed by atoms with E-state index in [-0.39, 0.29) is 25.7 Å². The van der Waals surface area contributed by atoms with Crippen LogP contribution in [0.5, 0.6) is 0 Å². The van der Waals surface area contributed by atoms with Crippen molar-refractivity contribution in [1.82, 2.24) is 4.90 Å². The van der Waals surface area contributed by atoms with Gasteiger partial charge in [-0.2, -0.15) is 0 Å². The molecule has 2 fully saturated rings. The van der Waals surface area contributed by atoms with Gasteiger partial charge < -0.3 is 14.7 Å². The molecule has 3 unspecified atom stereocenters. The van der Waals surface area contributed by atoms with E-state index >= 15 is 0 Å². The molecule has 2 heterocycles. The summed E-state index contributed by atoms with van der Waals surface area (Å²) in [5.74, 6) is -0.162. The van der Waals surface area contributed by atoms with Crippen molar-refractivity contribution in [2.45, 2.75) is 24.7 Å². The maximum atomic E-state index is 11.3. The van der Waals surface area contributed by atoms with Crippen molar-refractivity contribution < 1.29 is 28.6 Å². The maximum absolute atomic E-state index is 11.3. The van der Waals surface area contributed by atoms with Gasteiger partial charge in [0.15, 0.2) is 6.10 Å². The van der Waals surface area contributed by atoms with E-state index < -0.39 is 26.0 Å². The highest BCUT2D eigenvalue weighted by Gasteiger charge is 2.63. The Morgan fingerprint density at radius 2 is 2.44 bits per heavy atom. The molecule has 16 heavy (non-hydrogen) atoms. The number of fused-ring (bicyclic) bond motifs is 2. The van der Waals surface area contributed by atoms with E-state index in [9.17, 15) is 14.5 Å². The van der Waals surface area contributed by atoms with Crippen LogP contribution in [0, 0.1) is 0 Å². The molecule has 0 aromatic rings. The molecule has 4 atom stereocenters. The van der Waals surface area contributed by atoms with Crippen LogP contribution in [-0.2, 0) is 18.6 Å². The first-order valence-electron chi connectivity index (χ1n) is 4.85. The number of carbonyl (C=O) groups excluding carboxylic acids is 1. The lowest BCUT2D eigenvalue weighted by atomic mass is 10.0. The predicted octanol–water partition coefficient (Wildman–Crippen LogP) is -0.987. The average Bonchev–Trinajstić information content (AvgIpc) is 2.71. The molecule has 2 saturated heterocycles. The molecular weight excluding hydrogens is 237 g/mol. The summed E-state index contributed by atoms with van der Waals surface area (Å²) in [7, 11) is -2.78.